The SMILES string of the molecule is CCCc1nc2ccccc(=O)c2n1Cc1ccc(-c2ccccc2-c2nn[nH]n2)cc1. The van der Waals surface area contributed by atoms with Gasteiger partial charge in [-0.2, -0.15) is 5.21 Å². The van der Waals surface area contributed by atoms with E-state index in [2.05, 4.69) is 56.4 Å². The van der Waals surface area contributed by atoms with Gasteiger partial charge in [0.05, 0.1) is 5.52 Å². The third-order valence-corrected chi connectivity index (χ3v) is 5.51. The monoisotopic (exact) mass is 422 g/mol. The number of fused-ring (bicyclic) bond motifs is 1. The van der Waals surface area contributed by atoms with Gasteiger partial charge in [0.15, 0.2) is 0 Å². The molecule has 7 nitrogen and oxygen atoms in total. The lowest BCUT2D eigenvalue weighted by Gasteiger charge is -2.11. The lowest BCUT2D eigenvalue weighted by atomic mass is 9.98. The molecule has 0 bridgehead atoms. The quantitative estimate of drug-likeness (QED) is 0.442. The fourth-order valence-corrected chi connectivity index (χ4v) is 4.03. The van der Waals surface area contributed by atoms with Crippen LogP contribution in [0.4, 0.5) is 0 Å². The van der Waals surface area contributed by atoms with Crippen molar-refractivity contribution in [2.75, 3.05) is 0 Å². The van der Waals surface area contributed by atoms with Crippen LogP contribution in [0, 0.1) is 0 Å². The van der Waals surface area contributed by atoms with Gasteiger partial charge in [-0.05, 0) is 40.5 Å². The molecule has 0 radical (unpaired) electrons. The average Bonchev–Trinajstić information content (AvgIpc) is 3.42. The van der Waals surface area contributed by atoms with E-state index < -0.39 is 0 Å². The molecule has 0 fully saturated rings. The van der Waals surface area contributed by atoms with Gasteiger partial charge in [0.1, 0.15) is 11.3 Å². The summed E-state index contributed by atoms with van der Waals surface area (Å²) < 4.78 is 2.06. The fraction of sp³-hybridized carbons (Fsp3) is 0.160. The van der Waals surface area contributed by atoms with Crippen molar-refractivity contribution >= 4 is 11.0 Å². The van der Waals surface area contributed by atoms with Gasteiger partial charge in [-0.25, -0.2) is 4.98 Å². The number of aryl methyl sites for hydroxylation is 1. The Bertz CT molecular complexity index is 1420. The van der Waals surface area contributed by atoms with Gasteiger partial charge < -0.3 is 4.57 Å². The number of hydrogen-bond acceptors (Lipinski definition) is 5. The molecule has 1 N–H and O–H groups in total. The third-order valence-electron chi connectivity index (χ3n) is 5.51. The summed E-state index contributed by atoms with van der Waals surface area (Å²) in [6, 6.07) is 23.5. The fourth-order valence-electron chi connectivity index (χ4n) is 4.03. The molecule has 2 heterocycles. The molecule has 0 amide bonds. The first-order valence-electron chi connectivity index (χ1n) is 10.6. The number of rotatable bonds is 6. The third kappa shape index (κ3) is 3.69. The maximum Gasteiger partial charge on any atom is 0.205 e. The molecule has 2 aromatic heterocycles. The Morgan fingerprint density at radius 1 is 0.906 bits per heavy atom. The molecule has 158 valence electrons. The number of imidazole rings is 1. The van der Waals surface area contributed by atoms with Gasteiger partial charge in [0.25, 0.3) is 0 Å². The minimum Gasteiger partial charge on any atom is -0.320 e. The predicted molar refractivity (Wildman–Crippen MR) is 124 cm³/mol. The molecule has 0 aliphatic rings. The minimum atomic E-state index is -0.00878. The number of H-pyrrole nitrogens is 1. The van der Waals surface area contributed by atoms with Crippen LogP contribution in [0.1, 0.15) is 24.7 Å². The summed E-state index contributed by atoms with van der Waals surface area (Å²) in [7, 11) is 0. The number of tetrazole rings is 1. The van der Waals surface area contributed by atoms with Crippen molar-refractivity contribution in [3.05, 3.63) is 94.4 Å². The first kappa shape index (κ1) is 19.8. The van der Waals surface area contributed by atoms with Crippen molar-refractivity contribution in [1.82, 2.24) is 30.2 Å². The summed E-state index contributed by atoms with van der Waals surface area (Å²) >= 11 is 0. The van der Waals surface area contributed by atoms with Crippen LogP contribution in [0.2, 0.25) is 0 Å². The van der Waals surface area contributed by atoms with Crippen molar-refractivity contribution in [2.45, 2.75) is 26.3 Å². The van der Waals surface area contributed by atoms with Gasteiger partial charge in [-0.15, -0.1) is 10.2 Å². The van der Waals surface area contributed by atoms with E-state index in [9.17, 15) is 4.79 Å². The van der Waals surface area contributed by atoms with Crippen molar-refractivity contribution in [3.63, 3.8) is 0 Å². The van der Waals surface area contributed by atoms with Crippen LogP contribution in [-0.2, 0) is 13.0 Å². The highest BCUT2D eigenvalue weighted by Crippen LogP contribution is 2.30. The minimum absolute atomic E-state index is 0.00878. The largest absolute Gasteiger partial charge is 0.320 e. The highest BCUT2D eigenvalue weighted by molar-refractivity contribution is 5.80. The Balaban J connectivity index is 1.52. The zero-order chi connectivity index (χ0) is 21.9. The molecule has 7 heteroatoms. The first-order chi connectivity index (χ1) is 15.7. The van der Waals surface area contributed by atoms with Gasteiger partial charge in [-0.3, -0.25) is 4.79 Å². The van der Waals surface area contributed by atoms with Crippen LogP contribution in [0.3, 0.4) is 0 Å². The Labute approximate surface area is 184 Å². The molecule has 0 atom stereocenters. The number of nitrogens with one attached hydrogen (secondary N) is 1. The van der Waals surface area contributed by atoms with Crippen molar-refractivity contribution < 1.29 is 0 Å². The number of aromatic nitrogens is 6. The Morgan fingerprint density at radius 2 is 1.66 bits per heavy atom. The van der Waals surface area contributed by atoms with Crippen LogP contribution in [0.25, 0.3) is 33.5 Å². The molecular formula is C25H22N6O. The van der Waals surface area contributed by atoms with Crippen LogP contribution >= 0.6 is 0 Å². The molecule has 5 aromatic rings. The van der Waals surface area contributed by atoms with E-state index in [0.29, 0.717) is 17.9 Å². The molecule has 0 unspecified atom stereocenters. The van der Waals surface area contributed by atoms with Crippen molar-refractivity contribution in [2.24, 2.45) is 0 Å². The van der Waals surface area contributed by atoms with Gasteiger partial charge in [0.2, 0.25) is 11.3 Å². The second kappa shape index (κ2) is 8.55. The van der Waals surface area contributed by atoms with E-state index in [4.69, 9.17) is 4.98 Å². The van der Waals surface area contributed by atoms with Crippen LogP contribution < -0.4 is 5.43 Å². The molecular weight excluding hydrogens is 400 g/mol. The second-order valence-corrected chi connectivity index (χ2v) is 7.66. The van der Waals surface area contributed by atoms with Crippen LogP contribution in [-0.4, -0.2) is 30.2 Å². The van der Waals surface area contributed by atoms with E-state index >= 15 is 0 Å². The van der Waals surface area contributed by atoms with Crippen LogP contribution in [0.15, 0.2) is 77.6 Å². The van der Waals surface area contributed by atoms with E-state index in [1.807, 2.05) is 36.4 Å². The molecule has 0 spiro atoms. The second-order valence-electron chi connectivity index (χ2n) is 7.66. The highest BCUT2D eigenvalue weighted by atomic mass is 16.1. The van der Waals surface area contributed by atoms with Gasteiger partial charge in [0, 0.05) is 18.5 Å². The number of hydrogen-bond donors (Lipinski definition) is 1. The summed E-state index contributed by atoms with van der Waals surface area (Å²) in [6.45, 7) is 2.72. The van der Waals surface area contributed by atoms with E-state index in [1.165, 1.54) is 0 Å². The molecule has 0 saturated heterocycles. The Morgan fingerprint density at radius 3 is 2.41 bits per heavy atom. The van der Waals surface area contributed by atoms with E-state index in [-0.39, 0.29) is 5.43 Å². The normalized spacial score (nSPS) is 11.2. The molecule has 0 aliphatic heterocycles. The maximum absolute atomic E-state index is 12.7. The van der Waals surface area contributed by atoms with Crippen molar-refractivity contribution in [3.8, 4) is 22.5 Å². The van der Waals surface area contributed by atoms with Gasteiger partial charge >= 0.3 is 0 Å². The van der Waals surface area contributed by atoms with Crippen LogP contribution in [0.5, 0.6) is 0 Å². The Kier molecular flexibility index (Phi) is 5.29. The standard InChI is InChI=1S/C25H22N6O/c1-2-7-23-26-21-10-5-6-11-22(32)24(21)31(23)16-17-12-14-18(15-13-17)19-8-3-4-9-20(19)25-27-29-30-28-25/h3-6,8-15H,2,7,16H2,1H3,(H,27,28,29,30). The Hall–Kier alpha value is -4.13. The lowest BCUT2D eigenvalue weighted by Crippen LogP contribution is -2.10. The summed E-state index contributed by atoms with van der Waals surface area (Å²) in [6.07, 6.45) is 1.80. The molecule has 3 aromatic carbocycles. The van der Waals surface area contributed by atoms with Gasteiger partial charge in [-0.1, -0.05) is 67.6 Å². The molecule has 0 saturated carbocycles. The first-order valence-corrected chi connectivity index (χ1v) is 10.6. The topological polar surface area (TPSA) is 89.4 Å². The maximum atomic E-state index is 12.7. The number of aromatic amines is 1. The summed E-state index contributed by atoms with van der Waals surface area (Å²) in [5, 5.41) is 14.4. The zero-order valence-electron chi connectivity index (χ0n) is 17.7. The molecule has 0 aliphatic carbocycles. The summed E-state index contributed by atoms with van der Waals surface area (Å²) in [5.74, 6) is 1.51. The number of benzene rings is 2. The van der Waals surface area contributed by atoms with E-state index in [0.717, 1.165) is 46.4 Å². The summed E-state index contributed by atoms with van der Waals surface area (Å²) in [5.41, 5.74) is 5.52. The lowest BCUT2D eigenvalue weighted by molar-refractivity contribution is 0.720. The predicted octanol–water partition coefficient (Wildman–Crippen LogP) is 4.24. The molecule has 32 heavy (non-hydrogen) atoms. The summed E-state index contributed by atoms with van der Waals surface area (Å²) in [4.78, 5) is 17.5. The zero-order valence-corrected chi connectivity index (χ0v) is 17.7. The average molecular weight is 422 g/mol. The molecule has 5 rings (SSSR count). The van der Waals surface area contributed by atoms with Crippen molar-refractivity contribution in [1.29, 1.82) is 0 Å². The highest BCUT2D eigenvalue weighted by Gasteiger charge is 2.14. The van der Waals surface area contributed by atoms with E-state index in [1.54, 1.807) is 12.1 Å². The smallest absolute Gasteiger partial charge is 0.205 e. The number of nitrogens with zero attached hydrogens (tertiary/aromatic N) is 5.